The normalized spacial score (nSPS) is 22.5. The maximum Gasteiger partial charge on any atom is 0.291 e. The summed E-state index contributed by atoms with van der Waals surface area (Å²) in [6.45, 7) is 5.72. The number of aliphatic hydroxyl groups is 1. The fraction of sp³-hybridized carbons (Fsp3) is 0.447. The molecule has 6 rings (SSSR count). The Morgan fingerprint density at radius 2 is 1.74 bits per heavy atom. The highest BCUT2D eigenvalue weighted by atomic mass is 35.5. The van der Waals surface area contributed by atoms with Gasteiger partial charge in [0, 0.05) is 99.1 Å². The molecule has 1 aliphatic carbocycles. The number of aliphatic hydroxyl groups excluding tert-OH is 1. The molecule has 16 heteroatoms. The van der Waals surface area contributed by atoms with Crippen molar-refractivity contribution in [2.24, 2.45) is 18.9 Å². The number of nitrogens with zero attached hydrogens (tertiary/aromatic N) is 5. The lowest BCUT2D eigenvalue weighted by molar-refractivity contribution is -0.135. The van der Waals surface area contributed by atoms with Crippen molar-refractivity contribution in [1.82, 2.24) is 29.6 Å². The maximum atomic E-state index is 15.7. The van der Waals surface area contributed by atoms with Gasteiger partial charge in [-0.2, -0.15) is 0 Å². The SMILES string of the molecule is COCCN(C)/C(C)=C(\C(C)=N)c1ccc(-c2cnc(C(=O)Nc3ccc(C(=O)NC4[C@H]5CN(C(=O)C6CC(O)CN6C)C[C@@H]45)c(Cl)c3)n2C)c(F)c1F. The number of piperidine rings is 1. The molecular formula is C38H45ClF2N8O5. The molecule has 2 aromatic carbocycles. The number of hydrogen-bond acceptors (Lipinski definition) is 9. The van der Waals surface area contributed by atoms with E-state index in [4.69, 9.17) is 21.7 Å². The van der Waals surface area contributed by atoms with Crippen LogP contribution in [0.2, 0.25) is 5.02 Å². The predicted octanol–water partition coefficient (Wildman–Crippen LogP) is 3.87. The number of methoxy groups -OCH3 is 1. The van der Waals surface area contributed by atoms with Crippen molar-refractivity contribution in [1.29, 1.82) is 5.41 Å². The number of β-amino-alcohol motifs (C(OH)–C–C–N with tert-alkyl or cyclic N) is 1. The molecule has 0 bridgehead atoms. The average molecular weight is 767 g/mol. The molecule has 288 valence electrons. The maximum absolute atomic E-state index is 15.7. The summed E-state index contributed by atoms with van der Waals surface area (Å²) < 4.78 is 37.8. The van der Waals surface area contributed by atoms with Crippen LogP contribution in [0.5, 0.6) is 0 Å². The second kappa shape index (κ2) is 15.6. The Morgan fingerprint density at radius 3 is 2.35 bits per heavy atom. The van der Waals surface area contributed by atoms with Crippen LogP contribution in [-0.2, 0) is 16.6 Å². The Bertz CT molecular complexity index is 2030. The van der Waals surface area contributed by atoms with Gasteiger partial charge in [-0.3, -0.25) is 19.3 Å². The third kappa shape index (κ3) is 7.50. The van der Waals surface area contributed by atoms with Crippen LogP contribution in [0.3, 0.4) is 0 Å². The molecule has 1 saturated carbocycles. The minimum Gasteiger partial charge on any atom is -0.392 e. The fourth-order valence-electron chi connectivity index (χ4n) is 7.65. The van der Waals surface area contributed by atoms with E-state index in [2.05, 4.69) is 15.6 Å². The van der Waals surface area contributed by atoms with Crippen molar-refractivity contribution in [3.63, 3.8) is 0 Å². The van der Waals surface area contributed by atoms with Gasteiger partial charge in [0.1, 0.15) is 0 Å². The van der Waals surface area contributed by atoms with E-state index in [1.165, 1.54) is 55.1 Å². The first kappa shape index (κ1) is 39.0. The standard InChI is InChI=1S/C38H45ClF2N8O5/c1-19(42)31(20(2)46(3)11-12-54-6)25-10-9-24(32(40)33(25)41)30-15-43-35(48(30)5)37(52)44-21-7-8-23(28(39)13-21)36(51)45-34-26-17-49(18-27(26)34)38(53)29-14-22(50)16-47(29)4/h7-10,13,15,22,26-27,29,34,42,50H,11-12,14,16-18H2,1-6H3,(H,44,52)(H,45,51)/b31-20+,42-19?/t22?,26-,27+,29?,34?. The summed E-state index contributed by atoms with van der Waals surface area (Å²) in [5.41, 5.74) is 1.40. The monoisotopic (exact) mass is 766 g/mol. The van der Waals surface area contributed by atoms with Crippen molar-refractivity contribution in [2.75, 3.05) is 59.3 Å². The summed E-state index contributed by atoms with van der Waals surface area (Å²) in [6, 6.07) is 6.88. The average Bonchev–Trinajstić information content (AvgIpc) is 3.47. The van der Waals surface area contributed by atoms with Crippen LogP contribution in [0.1, 0.15) is 46.8 Å². The minimum absolute atomic E-state index is 0.0125. The molecule has 0 spiro atoms. The Balaban J connectivity index is 1.09. The van der Waals surface area contributed by atoms with Gasteiger partial charge in [0.05, 0.1) is 41.2 Å². The number of rotatable bonds is 12. The number of nitrogens with one attached hydrogen (secondary N) is 3. The van der Waals surface area contributed by atoms with E-state index in [1.54, 1.807) is 21.1 Å². The highest BCUT2D eigenvalue weighted by molar-refractivity contribution is 6.34. The summed E-state index contributed by atoms with van der Waals surface area (Å²) in [4.78, 5) is 49.1. The smallest absolute Gasteiger partial charge is 0.291 e. The number of likely N-dealkylation sites (N-methyl/N-ethyl adjacent to an activating group) is 2. The molecule has 54 heavy (non-hydrogen) atoms. The number of halogens is 3. The van der Waals surface area contributed by atoms with Gasteiger partial charge in [0.25, 0.3) is 11.8 Å². The van der Waals surface area contributed by atoms with E-state index in [9.17, 15) is 19.5 Å². The highest BCUT2D eigenvalue weighted by Crippen LogP contribution is 2.46. The van der Waals surface area contributed by atoms with Crippen molar-refractivity contribution < 1.29 is 33.0 Å². The molecule has 0 radical (unpaired) electrons. The van der Waals surface area contributed by atoms with Crippen LogP contribution in [-0.4, -0.2) is 125 Å². The molecule has 13 nitrogen and oxygen atoms in total. The van der Waals surface area contributed by atoms with E-state index in [0.717, 1.165) is 0 Å². The lowest BCUT2D eigenvalue weighted by Crippen LogP contribution is -2.45. The van der Waals surface area contributed by atoms with Crippen LogP contribution < -0.4 is 10.6 Å². The Morgan fingerprint density at radius 1 is 1.06 bits per heavy atom. The van der Waals surface area contributed by atoms with Crippen LogP contribution in [0.15, 0.2) is 42.2 Å². The van der Waals surface area contributed by atoms with Gasteiger partial charge in [0.2, 0.25) is 5.91 Å². The lowest BCUT2D eigenvalue weighted by atomic mass is 9.96. The number of imidazole rings is 1. The number of benzene rings is 2. The minimum atomic E-state index is -1.15. The summed E-state index contributed by atoms with van der Waals surface area (Å²) in [5.74, 6) is -3.05. The first-order valence-electron chi connectivity index (χ1n) is 17.7. The first-order valence-corrected chi connectivity index (χ1v) is 18.1. The molecule has 4 N–H and O–H groups in total. The molecule has 2 aliphatic heterocycles. The van der Waals surface area contributed by atoms with Crippen molar-refractivity contribution in [3.05, 3.63) is 75.8 Å². The lowest BCUT2D eigenvalue weighted by Gasteiger charge is -2.26. The quantitative estimate of drug-likeness (QED) is 0.203. The molecule has 2 saturated heterocycles. The Labute approximate surface area is 317 Å². The van der Waals surface area contributed by atoms with Crippen molar-refractivity contribution >= 4 is 46.3 Å². The number of likely N-dealkylation sites (tertiary alicyclic amines) is 2. The number of carbonyl (C=O) groups is 3. The molecule has 3 aliphatic rings. The summed E-state index contributed by atoms with van der Waals surface area (Å²) in [5, 5.41) is 24.0. The molecule has 3 aromatic rings. The molecule has 3 unspecified atom stereocenters. The molecular weight excluding hydrogens is 722 g/mol. The van der Waals surface area contributed by atoms with Crippen LogP contribution in [0.4, 0.5) is 14.5 Å². The molecule has 3 heterocycles. The van der Waals surface area contributed by atoms with E-state index in [1.807, 2.05) is 21.7 Å². The van der Waals surface area contributed by atoms with Gasteiger partial charge in [-0.25, -0.2) is 13.8 Å². The zero-order valence-corrected chi connectivity index (χ0v) is 31.8. The summed E-state index contributed by atoms with van der Waals surface area (Å²) >= 11 is 6.49. The van der Waals surface area contributed by atoms with Gasteiger partial charge in [0.15, 0.2) is 17.5 Å². The Kier molecular flexibility index (Phi) is 11.2. The van der Waals surface area contributed by atoms with Gasteiger partial charge >= 0.3 is 0 Å². The van der Waals surface area contributed by atoms with Crippen molar-refractivity contribution in [3.8, 4) is 11.3 Å². The predicted molar refractivity (Wildman–Crippen MR) is 200 cm³/mol. The van der Waals surface area contributed by atoms with Crippen LogP contribution in [0.25, 0.3) is 16.8 Å². The highest BCUT2D eigenvalue weighted by Gasteiger charge is 2.58. The van der Waals surface area contributed by atoms with Crippen LogP contribution in [0, 0.1) is 28.9 Å². The fourth-order valence-corrected chi connectivity index (χ4v) is 7.92. The number of fused-ring (bicyclic) bond motifs is 1. The van der Waals surface area contributed by atoms with Crippen molar-refractivity contribution in [2.45, 2.75) is 38.5 Å². The zero-order valence-electron chi connectivity index (χ0n) is 31.0. The number of aromatic nitrogens is 2. The van der Waals surface area contributed by atoms with E-state index in [-0.39, 0.29) is 80.2 Å². The van der Waals surface area contributed by atoms with Gasteiger partial charge in [-0.15, -0.1) is 0 Å². The third-order valence-corrected chi connectivity index (χ3v) is 11.2. The molecule has 3 fully saturated rings. The topological polar surface area (TPSA) is 156 Å². The molecule has 3 amide bonds. The van der Waals surface area contributed by atoms with Gasteiger partial charge < -0.3 is 40.3 Å². The van der Waals surface area contributed by atoms with E-state index < -0.39 is 23.6 Å². The number of amides is 3. The third-order valence-electron chi connectivity index (χ3n) is 10.8. The molecule has 1 aromatic heterocycles. The first-order chi connectivity index (χ1) is 25.6. The second-order valence-electron chi connectivity index (χ2n) is 14.4. The summed E-state index contributed by atoms with van der Waals surface area (Å²) in [6.07, 6.45) is 1.20. The second-order valence-corrected chi connectivity index (χ2v) is 14.8. The number of anilines is 1. The van der Waals surface area contributed by atoms with E-state index in [0.29, 0.717) is 50.6 Å². The number of hydrogen-bond donors (Lipinski definition) is 4. The number of ether oxygens (including phenoxy) is 1. The molecule has 5 atom stereocenters. The van der Waals surface area contributed by atoms with Gasteiger partial charge in [-0.05, 0) is 51.6 Å². The Hall–Kier alpha value is -4.70. The largest absolute Gasteiger partial charge is 0.392 e. The van der Waals surface area contributed by atoms with Gasteiger partial charge in [-0.1, -0.05) is 17.7 Å². The number of carbonyl (C=O) groups excluding carboxylic acids is 3. The van der Waals surface area contributed by atoms with Crippen LogP contribution >= 0.6 is 11.6 Å². The summed E-state index contributed by atoms with van der Waals surface area (Å²) in [7, 11) is 6.69. The number of allylic oxidation sites excluding steroid dienone is 2. The zero-order chi connectivity index (χ0) is 39.2. The van der Waals surface area contributed by atoms with E-state index >= 15 is 8.78 Å².